The van der Waals surface area contributed by atoms with Crippen LogP contribution >= 0.6 is 0 Å². The Morgan fingerprint density at radius 3 is 2.32 bits per heavy atom. The highest BCUT2D eigenvalue weighted by molar-refractivity contribution is 5.92. The molecule has 124 valence electrons. The lowest BCUT2D eigenvalue weighted by molar-refractivity contribution is -0.144. The highest BCUT2D eigenvalue weighted by atomic mass is 16.4. The second-order valence-corrected chi connectivity index (χ2v) is 5.33. The summed E-state index contributed by atoms with van der Waals surface area (Å²) in [4.78, 5) is 48.3. The number of carboxylic acids is 1. The Labute approximate surface area is 127 Å². The van der Waals surface area contributed by atoms with E-state index >= 15 is 0 Å². The Morgan fingerprint density at radius 2 is 1.82 bits per heavy atom. The summed E-state index contributed by atoms with van der Waals surface area (Å²) in [7, 11) is 1.40. The molecule has 1 rings (SSSR count). The summed E-state index contributed by atoms with van der Waals surface area (Å²) in [5.74, 6) is -2.25. The molecule has 0 saturated carbocycles. The smallest absolute Gasteiger partial charge is 0.407 e. The van der Waals surface area contributed by atoms with Gasteiger partial charge in [-0.3, -0.25) is 19.3 Å². The molecule has 0 spiro atoms. The lowest BCUT2D eigenvalue weighted by Gasteiger charge is -2.30. The van der Waals surface area contributed by atoms with Crippen LogP contribution in [0.5, 0.6) is 0 Å². The first-order valence-electron chi connectivity index (χ1n) is 6.96. The molecule has 0 radical (unpaired) electrons. The molecule has 1 aliphatic rings. The first kappa shape index (κ1) is 17.7. The van der Waals surface area contributed by atoms with E-state index in [1.54, 1.807) is 0 Å². The van der Waals surface area contributed by atoms with Crippen LogP contribution in [-0.2, 0) is 14.4 Å². The molecule has 3 amide bonds. The molecule has 22 heavy (non-hydrogen) atoms. The number of hydrogen-bond donors (Lipinski definition) is 3. The quantitative estimate of drug-likeness (QED) is 0.631. The largest absolute Gasteiger partial charge is 0.480 e. The fourth-order valence-corrected chi connectivity index (χ4v) is 2.25. The molecule has 9 heteroatoms. The SMILES string of the molecule is C[C@H](NC(=O)[C@H](C)N(C)C(=O)[C@@H]1CCCN1C(=O)O)C(=O)O. The maximum atomic E-state index is 12.4. The van der Waals surface area contributed by atoms with E-state index in [2.05, 4.69) is 5.32 Å². The summed E-state index contributed by atoms with van der Waals surface area (Å²) in [6, 6.07) is -2.76. The molecule has 0 aromatic carbocycles. The van der Waals surface area contributed by atoms with Gasteiger partial charge >= 0.3 is 12.1 Å². The average Bonchev–Trinajstić information content (AvgIpc) is 2.94. The molecule has 0 bridgehead atoms. The summed E-state index contributed by atoms with van der Waals surface area (Å²) in [6.45, 7) is 3.07. The van der Waals surface area contributed by atoms with Crippen molar-refractivity contribution in [3.8, 4) is 0 Å². The molecule has 3 atom stereocenters. The third-order valence-corrected chi connectivity index (χ3v) is 3.82. The van der Waals surface area contributed by atoms with Crippen LogP contribution < -0.4 is 5.32 Å². The van der Waals surface area contributed by atoms with E-state index in [-0.39, 0.29) is 6.54 Å². The van der Waals surface area contributed by atoms with E-state index in [1.807, 2.05) is 0 Å². The number of amides is 3. The lowest BCUT2D eigenvalue weighted by atomic mass is 10.1. The third-order valence-electron chi connectivity index (χ3n) is 3.82. The van der Waals surface area contributed by atoms with Crippen molar-refractivity contribution in [1.82, 2.24) is 15.1 Å². The Balaban J connectivity index is 2.71. The van der Waals surface area contributed by atoms with Crippen molar-refractivity contribution in [2.45, 2.75) is 44.8 Å². The molecule has 1 heterocycles. The Bertz CT molecular complexity index is 480. The van der Waals surface area contributed by atoms with Crippen LogP contribution in [0.2, 0.25) is 0 Å². The monoisotopic (exact) mass is 315 g/mol. The standard InChI is InChI=1S/C13H21N3O6/c1-7(12(19)20)14-10(17)8(2)15(3)11(18)9-5-4-6-16(9)13(21)22/h7-9H,4-6H2,1-3H3,(H,14,17)(H,19,20)(H,21,22)/t7-,8-,9-/m0/s1. The van der Waals surface area contributed by atoms with Gasteiger partial charge in [-0.2, -0.15) is 0 Å². The minimum atomic E-state index is -1.18. The van der Waals surface area contributed by atoms with Crippen LogP contribution in [-0.4, -0.2) is 75.6 Å². The summed E-state index contributed by atoms with van der Waals surface area (Å²) in [5.41, 5.74) is 0. The molecule has 1 saturated heterocycles. The number of nitrogens with one attached hydrogen (secondary N) is 1. The van der Waals surface area contributed by atoms with Crippen molar-refractivity contribution in [2.24, 2.45) is 0 Å². The number of aliphatic carboxylic acids is 1. The maximum absolute atomic E-state index is 12.4. The normalized spacial score (nSPS) is 20.1. The van der Waals surface area contributed by atoms with E-state index in [9.17, 15) is 19.2 Å². The summed E-state index contributed by atoms with van der Waals surface area (Å²) in [5, 5.41) is 20.1. The lowest BCUT2D eigenvalue weighted by Crippen LogP contribution is -2.54. The average molecular weight is 315 g/mol. The summed E-state index contributed by atoms with van der Waals surface area (Å²) >= 11 is 0. The fraction of sp³-hybridized carbons (Fsp3) is 0.692. The molecular formula is C13H21N3O6. The van der Waals surface area contributed by atoms with Gasteiger partial charge in [-0.15, -0.1) is 0 Å². The molecule has 0 aromatic rings. The highest BCUT2D eigenvalue weighted by Gasteiger charge is 2.37. The second kappa shape index (κ2) is 7.10. The molecule has 1 aliphatic heterocycles. The number of rotatable bonds is 5. The number of carbonyl (C=O) groups is 4. The minimum Gasteiger partial charge on any atom is -0.480 e. The van der Waals surface area contributed by atoms with E-state index in [1.165, 1.54) is 20.9 Å². The number of likely N-dealkylation sites (N-methyl/N-ethyl adjacent to an activating group) is 1. The molecule has 0 unspecified atom stereocenters. The molecule has 9 nitrogen and oxygen atoms in total. The van der Waals surface area contributed by atoms with Gasteiger partial charge < -0.3 is 20.4 Å². The molecular weight excluding hydrogens is 294 g/mol. The summed E-state index contributed by atoms with van der Waals surface area (Å²) in [6.07, 6.45) is -0.163. The topological polar surface area (TPSA) is 127 Å². The maximum Gasteiger partial charge on any atom is 0.407 e. The zero-order chi connectivity index (χ0) is 17.0. The molecule has 0 aliphatic carbocycles. The number of likely N-dealkylation sites (tertiary alicyclic amines) is 1. The van der Waals surface area contributed by atoms with Gasteiger partial charge in [0.2, 0.25) is 11.8 Å². The van der Waals surface area contributed by atoms with Crippen LogP contribution in [0.25, 0.3) is 0 Å². The van der Waals surface area contributed by atoms with Gasteiger partial charge in [0.25, 0.3) is 0 Å². The van der Waals surface area contributed by atoms with Crippen LogP contribution in [0.3, 0.4) is 0 Å². The molecule has 3 N–H and O–H groups in total. The van der Waals surface area contributed by atoms with Crippen molar-refractivity contribution in [1.29, 1.82) is 0 Å². The zero-order valence-electron chi connectivity index (χ0n) is 12.8. The van der Waals surface area contributed by atoms with Crippen molar-refractivity contribution in [2.75, 3.05) is 13.6 Å². The predicted octanol–water partition coefficient (Wildman–Crippen LogP) is -0.435. The fourth-order valence-electron chi connectivity index (χ4n) is 2.25. The van der Waals surface area contributed by atoms with Crippen LogP contribution in [0, 0.1) is 0 Å². The Kier molecular flexibility index (Phi) is 5.72. The highest BCUT2D eigenvalue weighted by Crippen LogP contribution is 2.19. The molecule has 1 fully saturated rings. The van der Waals surface area contributed by atoms with Gasteiger partial charge in [0.05, 0.1) is 0 Å². The van der Waals surface area contributed by atoms with Gasteiger partial charge in [-0.1, -0.05) is 0 Å². The number of hydrogen-bond acceptors (Lipinski definition) is 4. The van der Waals surface area contributed by atoms with E-state index in [0.29, 0.717) is 12.8 Å². The number of nitrogens with zero attached hydrogens (tertiary/aromatic N) is 2. The summed E-state index contributed by atoms with van der Waals surface area (Å²) < 4.78 is 0. The van der Waals surface area contributed by atoms with Crippen molar-refractivity contribution in [3.05, 3.63) is 0 Å². The van der Waals surface area contributed by atoms with Crippen LogP contribution in [0.1, 0.15) is 26.7 Å². The van der Waals surface area contributed by atoms with Gasteiger partial charge in [0.1, 0.15) is 18.1 Å². The van der Waals surface area contributed by atoms with E-state index in [0.717, 1.165) is 9.80 Å². The first-order chi connectivity index (χ1) is 10.2. The minimum absolute atomic E-state index is 0.288. The van der Waals surface area contributed by atoms with Crippen molar-refractivity contribution in [3.63, 3.8) is 0 Å². The Hall–Kier alpha value is -2.32. The number of carbonyl (C=O) groups excluding carboxylic acids is 2. The predicted molar refractivity (Wildman–Crippen MR) is 75.2 cm³/mol. The number of carboxylic acid groups (broad SMARTS) is 2. The molecule has 0 aromatic heterocycles. The third kappa shape index (κ3) is 3.86. The van der Waals surface area contributed by atoms with Crippen LogP contribution in [0.15, 0.2) is 0 Å². The van der Waals surface area contributed by atoms with Crippen molar-refractivity contribution >= 4 is 23.9 Å². The van der Waals surface area contributed by atoms with Gasteiger partial charge in [0, 0.05) is 13.6 Å². The zero-order valence-corrected chi connectivity index (χ0v) is 12.8. The van der Waals surface area contributed by atoms with Gasteiger partial charge in [-0.05, 0) is 26.7 Å². The van der Waals surface area contributed by atoms with Crippen LogP contribution in [0.4, 0.5) is 4.79 Å². The second-order valence-electron chi connectivity index (χ2n) is 5.33. The first-order valence-corrected chi connectivity index (χ1v) is 6.96. The Morgan fingerprint density at radius 1 is 1.23 bits per heavy atom. The van der Waals surface area contributed by atoms with Crippen molar-refractivity contribution < 1.29 is 29.4 Å². The van der Waals surface area contributed by atoms with E-state index < -0.39 is 42.0 Å². The van der Waals surface area contributed by atoms with E-state index in [4.69, 9.17) is 10.2 Å². The van der Waals surface area contributed by atoms with Gasteiger partial charge in [0.15, 0.2) is 0 Å². The van der Waals surface area contributed by atoms with Gasteiger partial charge in [-0.25, -0.2) is 4.79 Å².